The molecule has 0 aliphatic rings. The van der Waals surface area contributed by atoms with Gasteiger partial charge in [-0.05, 0) is 12.8 Å². The predicted octanol–water partition coefficient (Wildman–Crippen LogP) is 1.14. The van der Waals surface area contributed by atoms with E-state index < -0.39 is 0 Å². The van der Waals surface area contributed by atoms with Gasteiger partial charge in [0.15, 0.2) is 6.61 Å². The van der Waals surface area contributed by atoms with E-state index in [9.17, 15) is 9.59 Å². The summed E-state index contributed by atoms with van der Waals surface area (Å²) in [7, 11) is 1.34. The molecule has 84 valence electrons. The summed E-state index contributed by atoms with van der Waals surface area (Å²) in [6.07, 6.45) is 6.47. The average Bonchev–Trinajstić information content (AvgIpc) is 2.25. The van der Waals surface area contributed by atoms with Gasteiger partial charge in [0, 0.05) is 6.42 Å². The van der Waals surface area contributed by atoms with Crippen LogP contribution in [0.25, 0.3) is 0 Å². The van der Waals surface area contributed by atoms with Gasteiger partial charge in [-0.15, -0.1) is 6.42 Å². The van der Waals surface area contributed by atoms with Crippen molar-refractivity contribution in [3.8, 4) is 12.3 Å². The van der Waals surface area contributed by atoms with Crippen LogP contribution in [0.4, 0.5) is 0 Å². The molecule has 0 N–H and O–H groups in total. The third kappa shape index (κ3) is 6.55. The lowest BCUT2D eigenvalue weighted by atomic mass is 10.0. The Bertz CT molecular complexity index is 252. The van der Waals surface area contributed by atoms with E-state index in [1.54, 1.807) is 6.92 Å². The minimum Gasteiger partial charge on any atom is -0.469 e. The molecule has 0 aliphatic heterocycles. The smallest absolute Gasteiger partial charge is 0.309 e. The SMILES string of the molecule is C#CCOC(=O)C(C)CCCC(=O)OC. The van der Waals surface area contributed by atoms with Crippen molar-refractivity contribution in [1.29, 1.82) is 0 Å². The Morgan fingerprint density at radius 1 is 1.47 bits per heavy atom. The molecule has 0 rings (SSSR count). The molecule has 0 bridgehead atoms. The number of hydrogen-bond donors (Lipinski definition) is 0. The minimum atomic E-state index is -0.321. The molecule has 0 fully saturated rings. The van der Waals surface area contributed by atoms with Crippen LogP contribution in [-0.2, 0) is 19.1 Å². The standard InChI is InChI=1S/C11H16O4/c1-4-8-15-11(13)9(2)6-5-7-10(12)14-3/h1,9H,5-8H2,2-3H3. The van der Waals surface area contributed by atoms with Gasteiger partial charge in [0.1, 0.15) is 0 Å². The number of hydrogen-bond acceptors (Lipinski definition) is 4. The molecule has 0 heterocycles. The number of ether oxygens (including phenoxy) is 2. The lowest BCUT2D eigenvalue weighted by molar-refractivity contribution is -0.147. The van der Waals surface area contributed by atoms with Crippen LogP contribution >= 0.6 is 0 Å². The van der Waals surface area contributed by atoms with Crippen molar-refractivity contribution in [1.82, 2.24) is 0 Å². The summed E-state index contributed by atoms with van der Waals surface area (Å²) < 4.78 is 9.22. The Hall–Kier alpha value is -1.50. The molecule has 0 saturated heterocycles. The van der Waals surface area contributed by atoms with Crippen molar-refractivity contribution in [2.45, 2.75) is 26.2 Å². The van der Waals surface area contributed by atoms with Gasteiger partial charge in [0.2, 0.25) is 0 Å². The van der Waals surface area contributed by atoms with Crippen LogP contribution in [0.3, 0.4) is 0 Å². The van der Waals surface area contributed by atoms with Crippen LogP contribution in [0.5, 0.6) is 0 Å². The highest BCUT2D eigenvalue weighted by atomic mass is 16.5. The van der Waals surface area contributed by atoms with Gasteiger partial charge in [-0.1, -0.05) is 12.8 Å². The number of carbonyl (C=O) groups excluding carboxylic acids is 2. The molecular weight excluding hydrogens is 196 g/mol. The molecule has 0 aromatic carbocycles. The topological polar surface area (TPSA) is 52.6 Å². The van der Waals surface area contributed by atoms with Crippen LogP contribution < -0.4 is 0 Å². The zero-order chi connectivity index (χ0) is 11.7. The molecule has 4 heteroatoms. The van der Waals surface area contributed by atoms with Gasteiger partial charge >= 0.3 is 11.9 Å². The quantitative estimate of drug-likeness (QED) is 0.489. The number of carbonyl (C=O) groups is 2. The van der Waals surface area contributed by atoms with Crippen LogP contribution in [0, 0.1) is 18.3 Å². The fourth-order valence-corrected chi connectivity index (χ4v) is 1.03. The predicted molar refractivity (Wildman–Crippen MR) is 54.8 cm³/mol. The monoisotopic (exact) mass is 212 g/mol. The summed E-state index contributed by atoms with van der Waals surface area (Å²) in [6.45, 7) is 1.75. The Morgan fingerprint density at radius 3 is 2.67 bits per heavy atom. The summed E-state index contributed by atoms with van der Waals surface area (Å²) in [4.78, 5) is 22.0. The molecule has 0 radical (unpaired) electrons. The molecule has 4 nitrogen and oxygen atoms in total. The Kier molecular flexibility index (Phi) is 7.08. The van der Waals surface area contributed by atoms with Gasteiger partial charge in [-0.2, -0.15) is 0 Å². The largest absolute Gasteiger partial charge is 0.469 e. The lowest BCUT2D eigenvalue weighted by Crippen LogP contribution is -2.15. The zero-order valence-corrected chi connectivity index (χ0v) is 9.12. The molecule has 1 unspecified atom stereocenters. The Labute approximate surface area is 89.9 Å². The van der Waals surface area contributed by atoms with E-state index in [2.05, 4.69) is 10.7 Å². The third-order valence-corrected chi connectivity index (χ3v) is 1.95. The van der Waals surface area contributed by atoms with Gasteiger partial charge in [-0.3, -0.25) is 9.59 Å². The Morgan fingerprint density at radius 2 is 2.13 bits per heavy atom. The first kappa shape index (κ1) is 13.5. The molecule has 0 amide bonds. The summed E-state index contributed by atoms with van der Waals surface area (Å²) in [5, 5.41) is 0. The number of esters is 2. The fourth-order valence-electron chi connectivity index (χ4n) is 1.03. The molecule has 0 aromatic heterocycles. The van der Waals surface area contributed by atoms with E-state index in [0.717, 1.165) is 0 Å². The third-order valence-electron chi connectivity index (χ3n) is 1.95. The summed E-state index contributed by atoms with van der Waals surface area (Å²) >= 11 is 0. The van der Waals surface area contributed by atoms with E-state index in [1.165, 1.54) is 7.11 Å². The molecule has 0 spiro atoms. The van der Waals surface area contributed by atoms with Gasteiger partial charge < -0.3 is 9.47 Å². The van der Waals surface area contributed by atoms with Gasteiger partial charge in [0.25, 0.3) is 0 Å². The lowest BCUT2D eigenvalue weighted by Gasteiger charge is -2.08. The van der Waals surface area contributed by atoms with Crippen LogP contribution in [0.1, 0.15) is 26.2 Å². The van der Waals surface area contributed by atoms with E-state index in [1.807, 2.05) is 0 Å². The summed E-state index contributed by atoms with van der Waals surface area (Å²) in [6, 6.07) is 0. The van der Waals surface area contributed by atoms with Crippen molar-refractivity contribution in [3.05, 3.63) is 0 Å². The summed E-state index contributed by atoms with van der Waals surface area (Å²) in [5.41, 5.74) is 0. The maximum Gasteiger partial charge on any atom is 0.309 e. The zero-order valence-electron chi connectivity index (χ0n) is 9.12. The van der Waals surface area contributed by atoms with Crippen molar-refractivity contribution >= 4 is 11.9 Å². The van der Waals surface area contributed by atoms with Crippen LogP contribution in [0.15, 0.2) is 0 Å². The molecular formula is C11H16O4. The second-order valence-electron chi connectivity index (χ2n) is 3.18. The Balaban J connectivity index is 3.65. The highest BCUT2D eigenvalue weighted by molar-refractivity contribution is 5.72. The number of terminal acetylenes is 1. The van der Waals surface area contributed by atoms with E-state index in [0.29, 0.717) is 19.3 Å². The maximum absolute atomic E-state index is 11.2. The van der Waals surface area contributed by atoms with Crippen LogP contribution in [0.2, 0.25) is 0 Å². The minimum absolute atomic E-state index is 0.000174. The first-order chi connectivity index (χ1) is 7.11. The van der Waals surface area contributed by atoms with E-state index in [4.69, 9.17) is 11.2 Å². The van der Waals surface area contributed by atoms with Crippen molar-refractivity contribution in [2.75, 3.05) is 13.7 Å². The average molecular weight is 212 g/mol. The van der Waals surface area contributed by atoms with Gasteiger partial charge in [0.05, 0.1) is 13.0 Å². The number of rotatable bonds is 6. The maximum atomic E-state index is 11.2. The fraction of sp³-hybridized carbons (Fsp3) is 0.636. The van der Waals surface area contributed by atoms with Crippen molar-refractivity contribution < 1.29 is 19.1 Å². The molecule has 1 atom stereocenters. The van der Waals surface area contributed by atoms with Gasteiger partial charge in [-0.25, -0.2) is 0 Å². The molecule has 0 aliphatic carbocycles. The highest BCUT2D eigenvalue weighted by Crippen LogP contribution is 2.09. The van der Waals surface area contributed by atoms with Crippen molar-refractivity contribution in [2.24, 2.45) is 5.92 Å². The summed E-state index contributed by atoms with van der Waals surface area (Å²) in [5.74, 6) is 1.40. The molecule has 15 heavy (non-hydrogen) atoms. The second-order valence-corrected chi connectivity index (χ2v) is 3.18. The first-order valence-corrected chi connectivity index (χ1v) is 4.78. The van der Waals surface area contributed by atoms with E-state index in [-0.39, 0.29) is 24.5 Å². The highest BCUT2D eigenvalue weighted by Gasteiger charge is 2.14. The van der Waals surface area contributed by atoms with E-state index >= 15 is 0 Å². The second kappa shape index (κ2) is 7.86. The van der Waals surface area contributed by atoms with Crippen LogP contribution in [-0.4, -0.2) is 25.7 Å². The first-order valence-electron chi connectivity index (χ1n) is 4.78. The molecule has 0 saturated carbocycles. The van der Waals surface area contributed by atoms with Crippen molar-refractivity contribution in [3.63, 3.8) is 0 Å². The normalized spacial score (nSPS) is 11.3. The number of methoxy groups -OCH3 is 1. The molecule has 0 aromatic rings.